The first-order valence-electron chi connectivity index (χ1n) is 9.32. The van der Waals surface area contributed by atoms with Gasteiger partial charge in [0.1, 0.15) is 0 Å². The molecule has 2 aliphatic heterocycles. The van der Waals surface area contributed by atoms with Gasteiger partial charge in [-0.05, 0) is 43.7 Å². The average molecular weight is 330 g/mol. The van der Waals surface area contributed by atoms with E-state index in [0.29, 0.717) is 24.3 Å². The quantitative estimate of drug-likeness (QED) is 0.804. The molecule has 0 N–H and O–H groups in total. The second kappa shape index (κ2) is 8.63. The highest BCUT2D eigenvalue weighted by Crippen LogP contribution is 2.21. The zero-order valence-corrected chi connectivity index (χ0v) is 14.8. The summed E-state index contributed by atoms with van der Waals surface area (Å²) in [5, 5.41) is 0. The van der Waals surface area contributed by atoms with E-state index in [1.54, 1.807) is 0 Å². The number of nitrogens with zero attached hydrogens (tertiary/aromatic N) is 2. The first-order chi connectivity index (χ1) is 11.7. The van der Waals surface area contributed by atoms with E-state index >= 15 is 0 Å². The average Bonchev–Trinajstić information content (AvgIpc) is 3.14. The van der Waals surface area contributed by atoms with Crippen molar-refractivity contribution < 1.29 is 9.53 Å². The van der Waals surface area contributed by atoms with Gasteiger partial charge in [0.2, 0.25) is 5.91 Å². The predicted octanol–water partition coefficient (Wildman–Crippen LogP) is 2.93. The Bertz CT molecular complexity index is 514. The van der Waals surface area contributed by atoms with Crippen LogP contribution in [0, 0.1) is 5.92 Å². The molecule has 2 atom stereocenters. The lowest BCUT2D eigenvalue weighted by Gasteiger charge is -2.38. The van der Waals surface area contributed by atoms with Crippen LogP contribution >= 0.6 is 0 Å². The standard InChI is InChI=1S/C20H30N2O2/c1-21(20(23)10-9-18-11-13-24-16-18)19-8-5-12-22(15-19)14-17-6-3-2-4-7-17/h2-4,6-7,18-19H,5,8-16H2,1H3. The third-order valence-corrected chi connectivity index (χ3v) is 5.46. The first-order valence-corrected chi connectivity index (χ1v) is 9.32. The molecule has 0 bridgehead atoms. The number of likely N-dealkylation sites (N-methyl/N-ethyl adjacent to an activating group) is 1. The van der Waals surface area contributed by atoms with Gasteiger partial charge < -0.3 is 9.64 Å². The Kier molecular flexibility index (Phi) is 6.27. The van der Waals surface area contributed by atoms with Gasteiger partial charge in [-0.15, -0.1) is 0 Å². The fraction of sp³-hybridized carbons (Fsp3) is 0.650. The number of carbonyl (C=O) groups is 1. The number of piperidine rings is 1. The minimum atomic E-state index is 0.300. The summed E-state index contributed by atoms with van der Waals surface area (Å²) in [7, 11) is 1.99. The van der Waals surface area contributed by atoms with Crippen LogP contribution in [0.15, 0.2) is 30.3 Å². The zero-order chi connectivity index (χ0) is 16.8. The largest absolute Gasteiger partial charge is 0.381 e. The van der Waals surface area contributed by atoms with E-state index in [9.17, 15) is 4.79 Å². The van der Waals surface area contributed by atoms with Crippen LogP contribution in [0.3, 0.4) is 0 Å². The molecule has 0 radical (unpaired) electrons. The lowest BCUT2D eigenvalue weighted by molar-refractivity contribution is -0.133. The molecule has 0 aromatic heterocycles. The smallest absolute Gasteiger partial charge is 0.222 e. The maximum absolute atomic E-state index is 12.5. The molecule has 4 heteroatoms. The Morgan fingerprint density at radius 2 is 2.12 bits per heavy atom. The molecule has 132 valence electrons. The maximum Gasteiger partial charge on any atom is 0.222 e. The molecule has 2 unspecified atom stereocenters. The molecule has 2 heterocycles. The van der Waals surface area contributed by atoms with Gasteiger partial charge in [0.05, 0.1) is 0 Å². The van der Waals surface area contributed by atoms with Crippen LogP contribution in [0.25, 0.3) is 0 Å². The van der Waals surface area contributed by atoms with Gasteiger partial charge in [-0.1, -0.05) is 30.3 Å². The summed E-state index contributed by atoms with van der Waals surface area (Å²) >= 11 is 0. The summed E-state index contributed by atoms with van der Waals surface area (Å²) in [5.41, 5.74) is 1.35. The van der Waals surface area contributed by atoms with Crippen LogP contribution in [0.1, 0.15) is 37.7 Å². The van der Waals surface area contributed by atoms with E-state index in [-0.39, 0.29) is 0 Å². The fourth-order valence-electron chi connectivity index (χ4n) is 3.85. The summed E-state index contributed by atoms with van der Waals surface area (Å²) in [4.78, 5) is 17.0. The van der Waals surface area contributed by atoms with Gasteiger partial charge >= 0.3 is 0 Å². The van der Waals surface area contributed by atoms with Gasteiger partial charge in [-0.2, -0.15) is 0 Å². The van der Waals surface area contributed by atoms with Crippen LogP contribution in [-0.4, -0.2) is 55.1 Å². The topological polar surface area (TPSA) is 32.8 Å². The number of hydrogen-bond donors (Lipinski definition) is 0. The number of likely N-dealkylation sites (tertiary alicyclic amines) is 1. The number of carbonyl (C=O) groups excluding carboxylic acids is 1. The number of benzene rings is 1. The van der Waals surface area contributed by atoms with E-state index in [0.717, 1.165) is 52.1 Å². The third-order valence-electron chi connectivity index (χ3n) is 5.46. The molecular formula is C20H30N2O2. The molecule has 1 amide bonds. The van der Waals surface area contributed by atoms with E-state index in [1.165, 1.54) is 12.0 Å². The first kappa shape index (κ1) is 17.4. The molecule has 2 fully saturated rings. The van der Waals surface area contributed by atoms with Crippen molar-refractivity contribution in [1.29, 1.82) is 0 Å². The Morgan fingerprint density at radius 1 is 1.29 bits per heavy atom. The monoisotopic (exact) mass is 330 g/mol. The Hall–Kier alpha value is -1.39. The van der Waals surface area contributed by atoms with Crippen molar-refractivity contribution in [3.05, 3.63) is 35.9 Å². The van der Waals surface area contributed by atoms with Crippen LogP contribution in [0.5, 0.6) is 0 Å². The molecule has 24 heavy (non-hydrogen) atoms. The molecular weight excluding hydrogens is 300 g/mol. The lowest BCUT2D eigenvalue weighted by atomic mass is 10.0. The van der Waals surface area contributed by atoms with E-state index < -0.39 is 0 Å². The molecule has 3 rings (SSSR count). The normalized spacial score (nSPS) is 24.9. The van der Waals surface area contributed by atoms with Crippen molar-refractivity contribution >= 4 is 5.91 Å². The fourth-order valence-corrected chi connectivity index (χ4v) is 3.85. The SMILES string of the molecule is CN(C(=O)CCC1CCOC1)C1CCCN(Cc2ccccc2)C1. The maximum atomic E-state index is 12.5. The highest BCUT2D eigenvalue weighted by atomic mass is 16.5. The summed E-state index contributed by atoms with van der Waals surface area (Å²) in [6.07, 6.45) is 5.06. The summed E-state index contributed by atoms with van der Waals surface area (Å²) in [6.45, 7) is 4.81. The summed E-state index contributed by atoms with van der Waals surface area (Å²) in [6, 6.07) is 11.0. The number of amides is 1. The minimum absolute atomic E-state index is 0.300. The van der Waals surface area contributed by atoms with Crippen molar-refractivity contribution in [1.82, 2.24) is 9.80 Å². The molecule has 4 nitrogen and oxygen atoms in total. The van der Waals surface area contributed by atoms with Gasteiger partial charge in [0.25, 0.3) is 0 Å². The third kappa shape index (κ3) is 4.81. The van der Waals surface area contributed by atoms with Crippen molar-refractivity contribution in [3.8, 4) is 0 Å². The minimum Gasteiger partial charge on any atom is -0.381 e. The number of ether oxygens (including phenoxy) is 1. The van der Waals surface area contributed by atoms with E-state index in [4.69, 9.17) is 4.74 Å². The second-order valence-electron chi connectivity index (χ2n) is 7.29. The number of rotatable bonds is 6. The zero-order valence-electron chi connectivity index (χ0n) is 14.8. The molecule has 0 spiro atoms. The van der Waals surface area contributed by atoms with Crippen molar-refractivity contribution in [3.63, 3.8) is 0 Å². The molecule has 2 aliphatic rings. The molecule has 2 saturated heterocycles. The van der Waals surface area contributed by atoms with Crippen molar-refractivity contribution in [2.45, 2.75) is 44.7 Å². The van der Waals surface area contributed by atoms with Crippen LogP contribution < -0.4 is 0 Å². The van der Waals surface area contributed by atoms with Gasteiger partial charge in [-0.3, -0.25) is 9.69 Å². The van der Waals surface area contributed by atoms with Crippen LogP contribution in [0.4, 0.5) is 0 Å². The molecule has 1 aromatic carbocycles. The van der Waals surface area contributed by atoms with Crippen LogP contribution in [-0.2, 0) is 16.1 Å². The number of hydrogen-bond acceptors (Lipinski definition) is 3. The molecule has 1 aromatic rings. The van der Waals surface area contributed by atoms with Crippen molar-refractivity contribution in [2.75, 3.05) is 33.4 Å². The van der Waals surface area contributed by atoms with Gasteiger partial charge in [-0.25, -0.2) is 0 Å². The second-order valence-corrected chi connectivity index (χ2v) is 7.29. The highest BCUT2D eigenvalue weighted by Gasteiger charge is 2.26. The molecule has 0 aliphatic carbocycles. The predicted molar refractivity (Wildman–Crippen MR) is 95.7 cm³/mol. The summed E-state index contributed by atoms with van der Waals surface area (Å²) in [5.74, 6) is 0.886. The lowest BCUT2D eigenvalue weighted by Crippen LogP contribution is -2.48. The van der Waals surface area contributed by atoms with E-state index in [1.807, 2.05) is 11.9 Å². The summed E-state index contributed by atoms with van der Waals surface area (Å²) < 4.78 is 5.41. The highest BCUT2D eigenvalue weighted by molar-refractivity contribution is 5.76. The Morgan fingerprint density at radius 3 is 2.88 bits per heavy atom. The Labute approximate surface area is 145 Å². The Balaban J connectivity index is 1.46. The molecule has 0 saturated carbocycles. The van der Waals surface area contributed by atoms with Crippen LogP contribution in [0.2, 0.25) is 0 Å². The van der Waals surface area contributed by atoms with Gasteiger partial charge in [0.15, 0.2) is 0 Å². The van der Waals surface area contributed by atoms with Crippen molar-refractivity contribution in [2.24, 2.45) is 5.92 Å². The van der Waals surface area contributed by atoms with E-state index in [2.05, 4.69) is 35.2 Å². The van der Waals surface area contributed by atoms with Gasteiger partial charge in [0, 0.05) is 45.8 Å².